The number of halogens is 1. The third-order valence-corrected chi connectivity index (χ3v) is 4.94. The molecule has 142 valence electrons. The lowest BCUT2D eigenvalue weighted by atomic mass is 10.1. The van der Waals surface area contributed by atoms with Crippen LogP contribution < -0.4 is 10.2 Å². The normalized spacial score (nSPS) is 15.4. The number of para-hydroxylation sites is 1. The Morgan fingerprint density at radius 3 is 2.61 bits per heavy atom. The van der Waals surface area contributed by atoms with Crippen LogP contribution in [0.15, 0.2) is 60.9 Å². The van der Waals surface area contributed by atoms with Crippen LogP contribution in [0.2, 0.25) is 0 Å². The third-order valence-electron chi connectivity index (χ3n) is 4.94. The Morgan fingerprint density at radius 2 is 1.86 bits per heavy atom. The summed E-state index contributed by atoms with van der Waals surface area (Å²) in [6.45, 7) is 2.60. The van der Waals surface area contributed by atoms with Crippen LogP contribution in [-0.2, 0) is 12.8 Å². The second-order valence-electron chi connectivity index (χ2n) is 6.96. The van der Waals surface area contributed by atoms with E-state index >= 15 is 0 Å². The maximum Gasteiger partial charge on any atom is 0.254 e. The van der Waals surface area contributed by atoms with Gasteiger partial charge in [0.15, 0.2) is 0 Å². The topological polar surface area (TPSA) is 58.1 Å². The van der Waals surface area contributed by atoms with Crippen LogP contribution in [-0.4, -0.2) is 28.5 Å². The minimum absolute atomic E-state index is 0.219. The van der Waals surface area contributed by atoms with E-state index in [1.807, 2.05) is 12.1 Å². The summed E-state index contributed by atoms with van der Waals surface area (Å²) in [5.41, 5.74) is 3.78. The maximum absolute atomic E-state index is 12.9. The molecular weight excluding hydrogens is 355 g/mol. The van der Waals surface area contributed by atoms with E-state index in [1.165, 1.54) is 17.7 Å². The van der Waals surface area contributed by atoms with Gasteiger partial charge in [0.1, 0.15) is 5.82 Å². The molecule has 1 atom stereocenters. The number of amides is 1. The number of anilines is 2. The fraction of sp³-hybridized carbons (Fsp3) is 0.227. The van der Waals surface area contributed by atoms with Crippen LogP contribution in [0.4, 0.5) is 16.0 Å². The molecule has 1 aromatic heterocycles. The first-order chi connectivity index (χ1) is 13.6. The molecule has 1 amide bonds. The lowest BCUT2D eigenvalue weighted by Crippen LogP contribution is -2.28. The lowest BCUT2D eigenvalue weighted by molar-refractivity contribution is 0.0953. The van der Waals surface area contributed by atoms with Crippen molar-refractivity contribution in [3.63, 3.8) is 0 Å². The van der Waals surface area contributed by atoms with E-state index < -0.39 is 0 Å². The highest BCUT2D eigenvalue weighted by atomic mass is 19.1. The first-order valence-corrected chi connectivity index (χ1v) is 9.33. The van der Waals surface area contributed by atoms with Crippen LogP contribution >= 0.6 is 0 Å². The van der Waals surface area contributed by atoms with E-state index in [9.17, 15) is 9.18 Å². The van der Waals surface area contributed by atoms with Crippen molar-refractivity contribution in [1.29, 1.82) is 0 Å². The number of hydrogen-bond acceptors (Lipinski definition) is 4. The molecule has 1 aliphatic heterocycles. The van der Waals surface area contributed by atoms with E-state index in [0.717, 1.165) is 17.7 Å². The molecule has 28 heavy (non-hydrogen) atoms. The van der Waals surface area contributed by atoms with Crippen LogP contribution in [0.25, 0.3) is 0 Å². The zero-order valence-electron chi connectivity index (χ0n) is 15.6. The summed E-state index contributed by atoms with van der Waals surface area (Å²) in [5.74, 6) is 0.115. The average molecular weight is 376 g/mol. The summed E-state index contributed by atoms with van der Waals surface area (Å²) in [4.78, 5) is 23.3. The van der Waals surface area contributed by atoms with Crippen LogP contribution in [0.5, 0.6) is 0 Å². The van der Waals surface area contributed by atoms with E-state index in [1.54, 1.807) is 24.5 Å². The molecule has 2 heterocycles. The maximum atomic E-state index is 12.9. The Kier molecular flexibility index (Phi) is 5.02. The Morgan fingerprint density at radius 1 is 1.14 bits per heavy atom. The minimum atomic E-state index is -0.264. The van der Waals surface area contributed by atoms with Gasteiger partial charge in [-0.1, -0.05) is 30.3 Å². The largest absolute Gasteiger partial charge is 0.352 e. The molecule has 0 saturated carbocycles. The number of aromatic nitrogens is 2. The van der Waals surface area contributed by atoms with Crippen LogP contribution in [0.3, 0.4) is 0 Å². The smallest absolute Gasteiger partial charge is 0.254 e. The predicted octanol–water partition coefficient (Wildman–Crippen LogP) is 3.67. The van der Waals surface area contributed by atoms with Crippen molar-refractivity contribution in [3.05, 3.63) is 83.4 Å². The predicted molar refractivity (Wildman–Crippen MR) is 106 cm³/mol. The Hall–Kier alpha value is -3.28. The van der Waals surface area contributed by atoms with E-state index in [-0.39, 0.29) is 17.8 Å². The molecule has 0 radical (unpaired) electrons. The van der Waals surface area contributed by atoms with Gasteiger partial charge >= 0.3 is 0 Å². The molecule has 4 rings (SSSR count). The van der Waals surface area contributed by atoms with Gasteiger partial charge in [0.2, 0.25) is 5.95 Å². The summed E-state index contributed by atoms with van der Waals surface area (Å²) < 4.78 is 12.9. The number of carbonyl (C=O) groups excluding carboxylic acids is 1. The number of hydrogen-bond donors (Lipinski definition) is 1. The Balaban J connectivity index is 1.39. The van der Waals surface area contributed by atoms with Crippen molar-refractivity contribution in [1.82, 2.24) is 15.3 Å². The van der Waals surface area contributed by atoms with Gasteiger partial charge in [-0.3, -0.25) is 4.79 Å². The summed E-state index contributed by atoms with van der Waals surface area (Å²) in [7, 11) is 0. The molecule has 1 aliphatic rings. The lowest BCUT2D eigenvalue weighted by Gasteiger charge is -2.22. The van der Waals surface area contributed by atoms with Crippen molar-refractivity contribution in [2.45, 2.75) is 25.8 Å². The summed E-state index contributed by atoms with van der Waals surface area (Å²) in [6, 6.07) is 14.8. The minimum Gasteiger partial charge on any atom is -0.352 e. The SMILES string of the molecule is CC1Cc2ccccc2N1c1ncc(C(=O)NCCc2ccc(F)cc2)cn1. The van der Waals surface area contributed by atoms with Gasteiger partial charge in [-0.2, -0.15) is 0 Å². The van der Waals surface area contributed by atoms with Crippen molar-refractivity contribution in [3.8, 4) is 0 Å². The molecule has 0 saturated heterocycles. The number of rotatable bonds is 5. The third kappa shape index (κ3) is 3.71. The van der Waals surface area contributed by atoms with Crippen LogP contribution in [0.1, 0.15) is 28.4 Å². The summed E-state index contributed by atoms with van der Waals surface area (Å²) in [6.07, 6.45) is 4.70. The molecule has 0 spiro atoms. The second kappa shape index (κ2) is 7.76. The number of benzene rings is 2. The van der Waals surface area contributed by atoms with Crippen molar-refractivity contribution in [2.24, 2.45) is 0 Å². The first-order valence-electron chi connectivity index (χ1n) is 9.33. The summed E-state index contributed by atoms with van der Waals surface area (Å²) >= 11 is 0. The van der Waals surface area contributed by atoms with Gasteiger partial charge in [0, 0.05) is 30.7 Å². The molecule has 0 fully saturated rings. The van der Waals surface area contributed by atoms with E-state index in [2.05, 4.69) is 39.2 Å². The van der Waals surface area contributed by atoms with Gasteiger partial charge in [-0.05, 0) is 49.1 Å². The number of carbonyl (C=O) groups is 1. The highest BCUT2D eigenvalue weighted by Crippen LogP contribution is 2.36. The molecule has 2 aromatic carbocycles. The molecule has 0 aliphatic carbocycles. The number of nitrogens with one attached hydrogen (secondary N) is 1. The average Bonchev–Trinajstić information content (AvgIpc) is 3.05. The van der Waals surface area contributed by atoms with Crippen LogP contribution in [0, 0.1) is 5.82 Å². The zero-order valence-corrected chi connectivity index (χ0v) is 15.6. The van der Waals surface area contributed by atoms with Crippen molar-refractivity contribution >= 4 is 17.5 Å². The molecule has 6 heteroatoms. The molecular formula is C22H21FN4O. The molecule has 1 N–H and O–H groups in total. The van der Waals surface area contributed by atoms with E-state index in [0.29, 0.717) is 24.5 Å². The quantitative estimate of drug-likeness (QED) is 0.738. The molecule has 3 aromatic rings. The Bertz CT molecular complexity index is 973. The van der Waals surface area contributed by atoms with Gasteiger partial charge in [-0.15, -0.1) is 0 Å². The standard InChI is InChI=1S/C22H21FN4O/c1-15-12-17-4-2-3-5-20(17)27(15)22-25-13-18(14-26-22)21(28)24-11-10-16-6-8-19(23)9-7-16/h2-9,13-15H,10-12H2,1H3,(H,24,28). The number of fused-ring (bicyclic) bond motifs is 1. The molecule has 1 unspecified atom stereocenters. The summed E-state index contributed by atoms with van der Waals surface area (Å²) in [5, 5.41) is 2.85. The molecule has 5 nitrogen and oxygen atoms in total. The fourth-order valence-electron chi connectivity index (χ4n) is 3.51. The van der Waals surface area contributed by atoms with Crippen molar-refractivity contribution < 1.29 is 9.18 Å². The van der Waals surface area contributed by atoms with Gasteiger partial charge in [0.05, 0.1) is 5.56 Å². The number of nitrogens with zero attached hydrogens (tertiary/aromatic N) is 3. The van der Waals surface area contributed by atoms with E-state index in [4.69, 9.17) is 0 Å². The van der Waals surface area contributed by atoms with Gasteiger partial charge < -0.3 is 10.2 Å². The van der Waals surface area contributed by atoms with Crippen molar-refractivity contribution in [2.75, 3.05) is 11.4 Å². The van der Waals surface area contributed by atoms with Gasteiger partial charge in [-0.25, -0.2) is 14.4 Å². The second-order valence-corrected chi connectivity index (χ2v) is 6.96. The van der Waals surface area contributed by atoms with Gasteiger partial charge in [0.25, 0.3) is 5.91 Å². The molecule has 0 bridgehead atoms. The highest BCUT2D eigenvalue weighted by molar-refractivity contribution is 5.93. The first kappa shape index (κ1) is 18.1. The fourth-order valence-corrected chi connectivity index (χ4v) is 3.51. The highest BCUT2D eigenvalue weighted by Gasteiger charge is 2.28. The Labute approximate surface area is 163 Å². The zero-order chi connectivity index (χ0) is 19.5. The monoisotopic (exact) mass is 376 g/mol.